The van der Waals surface area contributed by atoms with Crippen molar-refractivity contribution >= 4 is 124 Å². The number of aliphatic carboxylic acids is 3. The van der Waals surface area contributed by atoms with Crippen LogP contribution in [-0.4, -0.2) is 191 Å². The molecule has 0 bridgehead atoms. The number of unbranched alkanes of at least 4 members (excludes halogenated alkanes) is 3. The maximum Gasteiger partial charge on any atom is 0.425 e. The molecule has 4 atom stereocenters. The number of anilines is 1. The second kappa shape index (κ2) is 53.8. The van der Waals surface area contributed by atoms with Gasteiger partial charge in [-0.25, -0.2) is 22.8 Å². The topological polar surface area (TPSA) is 560 Å². The summed E-state index contributed by atoms with van der Waals surface area (Å²) in [5.41, 5.74) is 9.05. The highest BCUT2D eigenvalue weighted by atomic mass is 32.2. The van der Waals surface area contributed by atoms with Crippen molar-refractivity contribution in [3.8, 4) is 5.75 Å². The summed E-state index contributed by atoms with van der Waals surface area (Å²) in [4.78, 5) is 151. The molecule has 8 N–H and O–H groups in total. The van der Waals surface area contributed by atoms with Crippen LogP contribution in [0.3, 0.4) is 0 Å². The lowest BCUT2D eigenvalue weighted by Crippen LogP contribution is -2.46. The van der Waals surface area contributed by atoms with E-state index in [9.17, 15) is 79.3 Å². The summed E-state index contributed by atoms with van der Waals surface area (Å²) in [6.07, 6.45) is 12.0. The molecule has 0 spiro atoms. The van der Waals surface area contributed by atoms with Gasteiger partial charge in [0.05, 0.1) is 27.3 Å². The van der Waals surface area contributed by atoms with E-state index in [1.165, 1.54) is 0 Å². The van der Waals surface area contributed by atoms with Gasteiger partial charge in [-0.05, 0) is 161 Å². The van der Waals surface area contributed by atoms with Gasteiger partial charge in [0.25, 0.3) is 10.1 Å². The molecule has 8 rings (SSSR count). The van der Waals surface area contributed by atoms with Gasteiger partial charge >= 0.3 is 57.5 Å². The Hall–Kier alpha value is -12.2. The summed E-state index contributed by atoms with van der Waals surface area (Å²) in [6.45, 7) is 9.51. The Bertz CT molecular complexity index is 5280. The van der Waals surface area contributed by atoms with Crippen LogP contribution < -0.4 is 30.9 Å². The number of fused-ring (bicyclic) bond motifs is 2. The third-order valence-corrected chi connectivity index (χ3v) is 22.1. The number of ketones is 3. The molecule has 5 aromatic carbocycles. The third kappa shape index (κ3) is 38.5. The van der Waals surface area contributed by atoms with E-state index >= 15 is 0 Å². The Kier molecular flexibility index (Phi) is 45.3. The van der Waals surface area contributed by atoms with Crippen molar-refractivity contribution < 1.29 is 138 Å². The smallest absolute Gasteiger partial charge is 0.425 e. The van der Waals surface area contributed by atoms with Crippen molar-refractivity contribution in [2.45, 2.75) is 198 Å². The molecule has 5 aromatic rings. The van der Waals surface area contributed by atoms with E-state index in [-0.39, 0.29) is 151 Å². The van der Waals surface area contributed by atoms with E-state index in [0.29, 0.717) is 55.8 Å². The molecular formula is C87H104N6O29S4. The number of amides is 4. The van der Waals surface area contributed by atoms with Gasteiger partial charge in [-0.1, -0.05) is 129 Å². The standard InChI is InChI=1S/C85H104N6O19S2.2CO2.2O3S/c1-84(2)67-32-11-13-34-72(67)90(50-17-19-52-111(104,105)106)75(84)47-41-61-28-21-29-62(42-48-76-85(3,4)68-33-12-14-35-73(68)91(76)51-18-20-53-112(107,108)109)79(61)110-66-44-39-60(40-45-66)56-71(82(101)102)87-77(95)37-16-15-36-74(94)70(55-59-26-9-6-10-27-59)88-80(98)63(54-58-24-7-5-8-25-58)57-65(93)31-22-30-64(92)43-46-69(81(99)100)89-83(103)86-49-23-38-78(96)97;2*2-1-3;2*1-4(2)3/h5-14,24-27,32-35,39-42,44-45,47-48,63,69-71H,15-23,28-31,36-38,43,46,49-57H2,1-4H3,(H8-,86,87,88,89,95,96,97,98,99,100,101,102,103,104,105,106,107,108,109);;;;/t63-,69+,70+,71+;;;;/m1..../s1. The number of nitrogens with zero attached hydrogens (tertiary/aromatic N) is 2. The largest absolute Gasteiger partial charge is 0.748 e. The maximum absolute atomic E-state index is 14.4. The predicted molar refractivity (Wildman–Crippen MR) is 453 cm³/mol. The number of carbonyl (C=O) groups is 9. The van der Waals surface area contributed by atoms with Gasteiger partial charge < -0.3 is 50.8 Å². The fraction of sp³-hybridized carbons (Fsp3) is 0.425. The minimum Gasteiger partial charge on any atom is -0.748 e. The summed E-state index contributed by atoms with van der Waals surface area (Å²) in [5.74, 6) is -6.43. The second-order valence-electron chi connectivity index (χ2n) is 30.5. The van der Waals surface area contributed by atoms with Crippen molar-refractivity contribution in [3.63, 3.8) is 0 Å². The molecule has 680 valence electrons. The molecular weight excluding hydrogens is 1720 g/mol. The van der Waals surface area contributed by atoms with Crippen molar-refractivity contribution in [2.24, 2.45) is 5.92 Å². The zero-order valence-electron chi connectivity index (χ0n) is 69.9. The van der Waals surface area contributed by atoms with Gasteiger partial charge in [-0.15, -0.1) is 25.3 Å². The van der Waals surface area contributed by atoms with Gasteiger partial charge in [0.2, 0.25) is 17.5 Å². The molecule has 0 saturated carbocycles. The third-order valence-electron chi connectivity index (χ3n) is 20.5. The Balaban J connectivity index is 0.00000221. The van der Waals surface area contributed by atoms with E-state index < -0.39 is 118 Å². The highest BCUT2D eigenvalue weighted by Crippen LogP contribution is 2.48. The molecule has 0 saturated heterocycles. The van der Waals surface area contributed by atoms with Crippen LogP contribution in [0.4, 0.5) is 16.2 Å². The quantitative estimate of drug-likeness (QED) is 0.0103. The Morgan fingerprint density at radius 3 is 1.71 bits per heavy atom. The normalized spacial score (nSPS) is 15.0. The lowest BCUT2D eigenvalue weighted by molar-refractivity contribution is -0.438. The lowest BCUT2D eigenvalue weighted by Gasteiger charge is -2.28. The zero-order chi connectivity index (χ0) is 93.7. The number of urea groups is 1. The number of nitrogens with one attached hydrogen (secondary N) is 4. The molecule has 0 fully saturated rings. The number of Topliss-reactive ketones (excluding diaryl/α,β-unsaturated/α-hetero) is 3. The van der Waals surface area contributed by atoms with E-state index in [0.717, 1.165) is 62.6 Å². The molecule has 0 aromatic heterocycles. The first-order chi connectivity index (χ1) is 59.5. The summed E-state index contributed by atoms with van der Waals surface area (Å²) < 4.78 is 128. The van der Waals surface area contributed by atoms with Gasteiger partial charge in [0.15, 0.2) is 11.5 Å². The molecule has 0 radical (unpaired) electrons. The average molecular weight is 1830 g/mol. The molecule has 1 aliphatic carbocycles. The van der Waals surface area contributed by atoms with Crippen LogP contribution in [-0.2, 0) is 129 Å². The average Bonchev–Trinajstić information content (AvgIpc) is 1.60. The summed E-state index contributed by atoms with van der Waals surface area (Å²) >= 11 is 0. The molecule has 126 heavy (non-hydrogen) atoms. The van der Waals surface area contributed by atoms with E-state index in [4.69, 9.17) is 54.3 Å². The van der Waals surface area contributed by atoms with E-state index in [1.807, 2.05) is 72.8 Å². The highest BCUT2D eigenvalue weighted by Gasteiger charge is 2.45. The van der Waals surface area contributed by atoms with E-state index in [1.54, 1.807) is 48.5 Å². The molecule has 2 aliphatic heterocycles. The molecule has 2 heterocycles. The van der Waals surface area contributed by atoms with Crippen molar-refractivity contribution in [1.29, 1.82) is 0 Å². The number of benzene rings is 5. The Labute approximate surface area is 733 Å². The number of para-hydroxylation sites is 2. The highest BCUT2D eigenvalue weighted by molar-refractivity contribution is 7.86. The Morgan fingerprint density at radius 1 is 0.563 bits per heavy atom. The number of hydrogen-bond donors (Lipinski definition) is 8. The number of carboxylic acids is 3. The summed E-state index contributed by atoms with van der Waals surface area (Å²) in [7, 11) is -14.8. The fourth-order valence-corrected chi connectivity index (χ4v) is 15.7. The second-order valence-corrected chi connectivity index (χ2v) is 34.4. The first kappa shape index (κ1) is 106. The number of hydrogen-bond acceptors (Lipinski definition) is 26. The van der Waals surface area contributed by atoms with Crippen molar-refractivity contribution in [2.75, 3.05) is 36.0 Å². The number of carboxylic acid groups (broad SMARTS) is 3. The number of allylic oxidation sites excluding steroid dienone is 7. The minimum atomic E-state index is -4.40. The van der Waals surface area contributed by atoms with Crippen LogP contribution in [0.1, 0.15) is 178 Å². The maximum atomic E-state index is 14.4. The van der Waals surface area contributed by atoms with Crippen LogP contribution in [0.5, 0.6) is 5.75 Å². The zero-order valence-corrected chi connectivity index (χ0v) is 73.2. The predicted octanol–water partition coefficient (Wildman–Crippen LogP) is 8.49. The van der Waals surface area contributed by atoms with Crippen LogP contribution >= 0.6 is 0 Å². The lowest BCUT2D eigenvalue weighted by atomic mass is 9.81. The summed E-state index contributed by atoms with van der Waals surface area (Å²) in [6, 6.07) is 36.6. The Morgan fingerprint density at radius 2 is 1.11 bits per heavy atom. The van der Waals surface area contributed by atoms with Crippen LogP contribution in [0.15, 0.2) is 180 Å². The molecule has 3 aliphatic rings. The van der Waals surface area contributed by atoms with Crippen LogP contribution in [0.25, 0.3) is 0 Å². The first-order valence-electron chi connectivity index (χ1n) is 40.1. The van der Waals surface area contributed by atoms with Crippen LogP contribution in [0.2, 0.25) is 0 Å². The van der Waals surface area contributed by atoms with Crippen LogP contribution in [0, 0.1) is 5.92 Å². The number of ether oxygens (including phenoxy) is 1. The number of rotatable bonds is 46. The monoisotopic (exact) mass is 1820 g/mol. The van der Waals surface area contributed by atoms with Gasteiger partial charge in [0, 0.05) is 117 Å². The van der Waals surface area contributed by atoms with Gasteiger partial charge in [-0.3, -0.25) is 33.3 Å². The molecule has 39 heteroatoms. The van der Waals surface area contributed by atoms with Gasteiger partial charge in [0.1, 0.15) is 41.7 Å². The fourth-order valence-electron chi connectivity index (χ4n) is 14.6. The summed E-state index contributed by atoms with van der Waals surface area (Å²) in [5, 5.41) is 39.2. The number of carbonyl (C=O) groups excluding carboxylic acids is 10. The van der Waals surface area contributed by atoms with Crippen molar-refractivity contribution in [1.82, 2.24) is 21.3 Å². The first-order valence-corrected chi connectivity index (χ1v) is 45.3. The van der Waals surface area contributed by atoms with Crippen molar-refractivity contribution in [3.05, 3.63) is 208 Å². The van der Waals surface area contributed by atoms with Gasteiger partial charge in [-0.2, -0.15) is 32.2 Å². The molecule has 35 nitrogen and oxygen atoms in total. The molecule has 0 unspecified atom stereocenters. The molecule has 4 amide bonds. The minimum absolute atomic E-state index is 0.000822. The van der Waals surface area contributed by atoms with E-state index in [2.05, 4.69) is 94.9 Å². The SMILES string of the molecule is CC1(C)C(=CC=C2CCCC(C=CC3=[N+](CCCCS(=O)(=O)O)c4ccccc4C3(C)C)=C2Oc2ccc(C[C@H](NC(=O)CCCCC(=O)[C@H](Cc3ccccc3)NC(=O)[C@@H](CC(=O)CCCC(=O)CC[C@H](NC(=O)NCCCC(=O)O)C(=O)O)Cc3ccccc3)C(=O)O)cc2)N(CCCCS(=O)(=O)[O-])c2ccccc21.O=C=O.O=C=O.O=S(=O)=O.O=S(=O)=O.